The van der Waals surface area contributed by atoms with Gasteiger partial charge in [0.1, 0.15) is 0 Å². The Labute approximate surface area is 87.8 Å². The van der Waals surface area contributed by atoms with Crippen LogP contribution in [0, 0.1) is 11.3 Å². The van der Waals surface area contributed by atoms with Crippen LogP contribution in [0.2, 0.25) is 0 Å². The lowest BCUT2D eigenvalue weighted by atomic mass is 9.81. The zero-order chi connectivity index (χ0) is 10.8. The van der Waals surface area contributed by atoms with Crippen LogP contribution in [0.5, 0.6) is 0 Å². The lowest BCUT2D eigenvalue weighted by molar-refractivity contribution is 0.248. The molecule has 1 aliphatic carbocycles. The van der Waals surface area contributed by atoms with Crippen molar-refractivity contribution < 1.29 is 4.74 Å². The van der Waals surface area contributed by atoms with Gasteiger partial charge >= 0.3 is 0 Å². The fourth-order valence-electron chi connectivity index (χ4n) is 2.28. The second-order valence-corrected chi connectivity index (χ2v) is 4.30. The van der Waals surface area contributed by atoms with E-state index < -0.39 is 0 Å². The molecule has 0 aromatic carbocycles. The average Bonchev–Trinajstić information content (AvgIpc) is 2.98. The largest absolute Gasteiger partial charge is 0.484 e. The van der Waals surface area contributed by atoms with Gasteiger partial charge in [0, 0.05) is 6.42 Å². The minimum absolute atomic E-state index is 0.455. The van der Waals surface area contributed by atoms with E-state index in [-0.39, 0.29) is 0 Å². The SMILES string of the molecule is CC.COC1=NC(C)C(C)C2(CC2)C1. The summed E-state index contributed by atoms with van der Waals surface area (Å²) in [6, 6.07) is 0.455. The van der Waals surface area contributed by atoms with Crippen LogP contribution in [0.15, 0.2) is 4.99 Å². The van der Waals surface area contributed by atoms with Crippen LogP contribution in [-0.2, 0) is 4.74 Å². The van der Waals surface area contributed by atoms with Gasteiger partial charge in [0.25, 0.3) is 0 Å². The smallest absolute Gasteiger partial charge is 0.183 e. The molecule has 2 heteroatoms. The topological polar surface area (TPSA) is 21.6 Å². The van der Waals surface area contributed by atoms with Crippen LogP contribution in [0.4, 0.5) is 0 Å². The number of hydrogen-bond donors (Lipinski definition) is 0. The number of hydrogen-bond acceptors (Lipinski definition) is 2. The van der Waals surface area contributed by atoms with E-state index in [1.165, 1.54) is 12.8 Å². The summed E-state index contributed by atoms with van der Waals surface area (Å²) >= 11 is 0. The van der Waals surface area contributed by atoms with Gasteiger partial charge in [-0.2, -0.15) is 0 Å². The van der Waals surface area contributed by atoms with Gasteiger partial charge in [-0.15, -0.1) is 0 Å². The number of aliphatic imine (C=N–C) groups is 1. The first-order valence-electron chi connectivity index (χ1n) is 5.79. The molecule has 0 radical (unpaired) electrons. The van der Waals surface area contributed by atoms with Crippen molar-refractivity contribution in [1.82, 2.24) is 0 Å². The molecule has 1 aliphatic heterocycles. The van der Waals surface area contributed by atoms with E-state index in [0.717, 1.165) is 18.2 Å². The van der Waals surface area contributed by atoms with Crippen molar-refractivity contribution in [1.29, 1.82) is 0 Å². The van der Waals surface area contributed by atoms with Gasteiger partial charge in [-0.25, -0.2) is 0 Å². The summed E-state index contributed by atoms with van der Waals surface area (Å²) in [7, 11) is 1.73. The Morgan fingerprint density at radius 3 is 2.29 bits per heavy atom. The van der Waals surface area contributed by atoms with E-state index >= 15 is 0 Å². The third-order valence-electron chi connectivity index (χ3n) is 3.67. The van der Waals surface area contributed by atoms with E-state index in [1.807, 2.05) is 13.8 Å². The van der Waals surface area contributed by atoms with Crippen LogP contribution in [0.1, 0.15) is 47.0 Å². The molecular formula is C12H23NO. The van der Waals surface area contributed by atoms with E-state index in [4.69, 9.17) is 4.74 Å². The zero-order valence-corrected chi connectivity index (χ0v) is 10.1. The Hall–Kier alpha value is -0.530. The van der Waals surface area contributed by atoms with Crippen LogP contribution < -0.4 is 0 Å². The molecule has 0 aromatic rings. The highest BCUT2D eigenvalue weighted by molar-refractivity contribution is 5.78. The first-order chi connectivity index (χ1) is 6.68. The molecule has 2 nitrogen and oxygen atoms in total. The highest BCUT2D eigenvalue weighted by atomic mass is 16.5. The molecule has 0 N–H and O–H groups in total. The molecule has 1 heterocycles. The molecular weight excluding hydrogens is 174 g/mol. The minimum Gasteiger partial charge on any atom is -0.484 e. The van der Waals surface area contributed by atoms with Crippen molar-refractivity contribution in [2.45, 2.75) is 53.0 Å². The molecule has 1 saturated carbocycles. The number of rotatable bonds is 0. The molecule has 1 fully saturated rings. The first-order valence-corrected chi connectivity index (χ1v) is 5.79. The average molecular weight is 197 g/mol. The Kier molecular flexibility index (Phi) is 3.57. The summed E-state index contributed by atoms with van der Waals surface area (Å²) in [5, 5.41) is 0. The summed E-state index contributed by atoms with van der Waals surface area (Å²) in [5.41, 5.74) is 0.576. The van der Waals surface area contributed by atoms with Crippen molar-refractivity contribution in [3.05, 3.63) is 0 Å². The Bertz CT molecular complexity index is 218. The van der Waals surface area contributed by atoms with Crippen molar-refractivity contribution in [2.24, 2.45) is 16.3 Å². The normalized spacial score (nSPS) is 32.8. The number of methoxy groups -OCH3 is 1. The Morgan fingerprint density at radius 1 is 1.29 bits per heavy atom. The van der Waals surface area contributed by atoms with Gasteiger partial charge in [0.2, 0.25) is 0 Å². The molecule has 1 spiro atoms. The van der Waals surface area contributed by atoms with Crippen molar-refractivity contribution >= 4 is 5.90 Å². The van der Waals surface area contributed by atoms with Crippen LogP contribution in [0.3, 0.4) is 0 Å². The van der Waals surface area contributed by atoms with Crippen LogP contribution in [-0.4, -0.2) is 19.0 Å². The fraction of sp³-hybridized carbons (Fsp3) is 0.917. The molecule has 2 aliphatic rings. The highest BCUT2D eigenvalue weighted by Gasteiger charge is 2.52. The monoisotopic (exact) mass is 197 g/mol. The predicted molar refractivity (Wildman–Crippen MR) is 60.7 cm³/mol. The Morgan fingerprint density at radius 2 is 1.86 bits per heavy atom. The summed E-state index contributed by atoms with van der Waals surface area (Å²) < 4.78 is 5.24. The summed E-state index contributed by atoms with van der Waals surface area (Å²) in [6.07, 6.45) is 3.83. The van der Waals surface area contributed by atoms with Crippen molar-refractivity contribution in [3.63, 3.8) is 0 Å². The third-order valence-corrected chi connectivity index (χ3v) is 3.67. The lowest BCUT2D eigenvalue weighted by Crippen LogP contribution is -2.32. The van der Waals surface area contributed by atoms with Gasteiger partial charge in [0.05, 0.1) is 13.2 Å². The molecule has 0 amide bonds. The molecule has 2 unspecified atom stereocenters. The fourth-order valence-corrected chi connectivity index (χ4v) is 2.28. The van der Waals surface area contributed by atoms with Gasteiger partial charge in [0.15, 0.2) is 5.90 Å². The molecule has 0 aromatic heterocycles. The standard InChI is InChI=1S/C10H17NO.C2H6/c1-7-8(2)11-9(12-3)6-10(7)4-5-10;1-2/h7-8H,4-6H2,1-3H3;1-2H3. The van der Waals surface area contributed by atoms with Crippen molar-refractivity contribution in [2.75, 3.05) is 7.11 Å². The number of ether oxygens (including phenoxy) is 1. The molecule has 82 valence electrons. The maximum absolute atomic E-state index is 5.24. The van der Waals surface area contributed by atoms with Crippen LogP contribution in [0.25, 0.3) is 0 Å². The lowest BCUT2D eigenvalue weighted by Gasteiger charge is -2.31. The predicted octanol–water partition coefficient (Wildman–Crippen LogP) is 3.27. The second-order valence-electron chi connectivity index (χ2n) is 4.30. The summed E-state index contributed by atoms with van der Waals surface area (Å²) in [6.45, 7) is 8.52. The molecule has 0 saturated heterocycles. The minimum atomic E-state index is 0.455. The molecule has 0 bridgehead atoms. The molecule has 2 atom stereocenters. The quantitative estimate of drug-likeness (QED) is 0.584. The first kappa shape index (κ1) is 11.5. The Balaban J connectivity index is 0.000000461. The molecule has 2 rings (SSSR count). The maximum atomic E-state index is 5.24. The zero-order valence-electron chi connectivity index (χ0n) is 10.1. The van der Waals surface area contributed by atoms with Gasteiger partial charge in [-0.1, -0.05) is 20.8 Å². The van der Waals surface area contributed by atoms with E-state index in [0.29, 0.717) is 11.5 Å². The second kappa shape index (κ2) is 4.33. The summed E-state index contributed by atoms with van der Waals surface area (Å²) in [5.74, 6) is 1.72. The van der Waals surface area contributed by atoms with Gasteiger partial charge in [-0.05, 0) is 31.1 Å². The van der Waals surface area contributed by atoms with Gasteiger partial charge < -0.3 is 4.74 Å². The summed E-state index contributed by atoms with van der Waals surface area (Å²) in [4.78, 5) is 4.51. The van der Waals surface area contributed by atoms with Crippen LogP contribution >= 0.6 is 0 Å². The maximum Gasteiger partial charge on any atom is 0.183 e. The highest BCUT2D eigenvalue weighted by Crippen LogP contribution is 2.58. The van der Waals surface area contributed by atoms with Gasteiger partial charge in [-0.3, -0.25) is 4.99 Å². The van der Waals surface area contributed by atoms with E-state index in [2.05, 4.69) is 18.8 Å². The number of nitrogens with zero attached hydrogens (tertiary/aromatic N) is 1. The van der Waals surface area contributed by atoms with E-state index in [9.17, 15) is 0 Å². The third kappa shape index (κ3) is 1.94. The van der Waals surface area contributed by atoms with Crippen molar-refractivity contribution in [3.8, 4) is 0 Å². The van der Waals surface area contributed by atoms with E-state index in [1.54, 1.807) is 7.11 Å². The molecule has 14 heavy (non-hydrogen) atoms.